The lowest BCUT2D eigenvalue weighted by atomic mass is 10.4. The van der Waals surface area contributed by atoms with E-state index in [1.54, 1.807) is 0 Å². The van der Waals surface area contributed by atoms with Crippen molar-refractivity contribution < 1.29 is 0 Å². The Morgan fingerprint density at radius 2 is 2.38 bits per heavy atom. The van der Waals surface area contributed by atoms with E-state index < -0.39 is 0 Å². The van der Waals surface area contributed by atoms with E-state index in [2.05, 4.69) is 21.9 Å². The molecule has 0 bridgehead atoms. The lowest BCUT2D eigenvalue weighted by Crippen LogP contribution is -2.06. The maximum absolute atomic E-state index is 5.69. The smallest absolute Gasteiger partial charge is 0.157 e. The zero-order valence-corrected chi connectivity index (χ0v) is 7.88. The third kappa shape index (κ3) is 2.59. The van der Waals surface area contributed by atoms with Gasteiger partial charge in [-0.05, 0) is 6.42 Å². The molecule has 1 aromatic heterocycles. The van der Waals surface area contributed by atoms with Crippen molar-refractivity contribution in [2.24, 2.45) is 0 Å². The van der Waals surface area contributed by atoms with E-state index in [0.717, 1.165) is 13.0 Å². The Morgan fingerprint density at radius 3 is 3.08 bits per heavy atom. The van der Waals surface area contributed by atoms with Crippen LogP contribution in [0.4, 0.5) is 11.5 Å². The van der Waals surface area contributed by atoms with Gasteiger partial charge in [-0.15, -0.1) is 6.58 Å². The van der Waals surface area contributed by atoms with Crippen LogP contribution < -0.4 is 11.1 Å². The third-order valence-electron chi connectivity index (χ3n) is 1.48. The molecule has 0 aromatic carbocycles. The molecular formula is C8H11ClN4. The van der Waals surface area contributed by atoms with Crippen molar-refractivity contribution in [3.63, 3.8) is 0 Å². The molecule has 0 atom stereocenters. The quantitative estimate of drug-likeness (QED) is 0.439. The number of nitrogens with zero attached hydrogens (tertiary/aromatic N) is 2. The fourth-order valence-electron chi connectivity index (χ4n) is 0.808. The molecule has 1 heterocycles. The Balaban J connectivity index is 2.65. The van der Waals surface area contributed by atoms with Crippen molar-refractivity contribution in [2.75, 3.05) is 17.6 Å². The summed E-state index contributed by atoms with van der Waals surface area (Å²) in [6.07, 6.45) is 4.03. The van der Waals surface area contributed by atoms with Crippen molar-refractivity contribution in [3.05, 3.63) is 24.1 Å². The normalized spacial score (nSPS) is 9.62. The minimum Gasteiger partial charge on any atom is -0.393 e. The molecule has 4 nitrogen and oxygen atoms in total. The highest BCUT2D eigenvalue weighted by Gasteiger charge is 2.03. The van der Waals surface area contributed by atoms with Crippen LogP contribution in [0.3, 0.4) is 0 Å². The van der Waals surface area contributed by atoms with Crippen LogP contribution in [0.5, 0.6) is 0 Å². The summed E-state index contributed by atoms with van der Waals surface area (Å²) in [7, 11) is 0. The molecule has 0 saturated carbocycles. The number of nitrogens with one attached hydrogen (secondary N) is 1. The van der Waals surface area contributed by atoms with Gasteiger partial charge in [0, 0.05) is 6.54 Å². The van der Waals surface area contributed by atoms with Gasteiger partial charge in [0.05, 0.1) is 0 Å². The number of anilines is 2. The van der Waals surface area contributed by atoms with Crippen LogP contribution >= 0.6 is 11.6 Å². The minimum absolute atomic E-state index is 0.274. The Bertz CT molecular complexity index is 300. The number of aromatic nitrogens is 2. The number of nitrogen functional groups attached to an aromatic ring is 1. The fourth-order valence-corrected chi connectivity index (χ4v) is 0.941. The first-order valence-electron chi connectivity index (χ1n) is 3.86. The SMILES string of the molecule is C=CCCNc1ncnc(Cl)c1N. The largest absolute Gasteiger partial charge is 0.393 e. The molecule has 5 heteroatoms. The summed E-state index contributed by atoms with van der Waals surface area (Å²) < 4.78 is 0. The predicted octanol–water partition coefficient (Wildman–Crippen LogP) is 1.70. The molecule has 0 saturated heterocycles. The van der Waals surface area contributed by atoms with Crippen LogP contribution in [0.25, 0.3) is 0 Å². The van der Waals surface area contributed by atoms with Gasteiger partial charge >= 0.3 is 0 Å². The second kappa shape index (κ2) is 4.67. The highest BCUT2D eigenvalue weighted by atomic mass is 35.5. The number of rotatable bonds is 4. The molecule has 1 rings (SSSR count). The van der Waals surface area contributed by atoms with Crippen molar-refractivity contribution in [1.29, 1.82) is 0 Å². The van der Waals surface area contributed by atoms with E-state index in [4.69, 9.17) is 17.3 Å². The average molecular weight is 199 g/mol. The van der Waals surface area contributed by atoms with Gasteiger partial charge in [0.2, 0.25) is 0 Å². The zero-order chi connectivity index (χ0) is 9.68. The van der Waals surface area contributed by atoms with Crippen molar-refractivity contribution in [3.8, 4) is 0 Å². The zero-order valence-electron chi connectivity index (χ0n) is 7.13. The van der Waals surface area contributed by atoms with E-state index in [9.17, 15) is 0 Å². The van der Waals surface area contributed by atoms with Gasteiger partial charge in [-0.25, -0.2) is 9.97 Å². The van der Waals surface area contributed by atoms with Crippen LogP contribution in [0.15, 0.2) is 19.0 Å². The lowest BCUT2D eigenvalue weighted by molar-refractivity contribution is 1.04. The standard InChI is InChI=1S/C8H11ClN4/c1-2-3-4-11-8-6(10)7(9)12-5-13-8/h2,5H,1,3-4,10H2,(H,11,12,13). The number of nitrogens with two attached hydrogens (primary N) is 1. The Labute approximate surface area is 81.8 Å². The van der Waals surface area contributed by atoms with Crippen LogP contribution in [0, 0.1) is 0 Å². The van der Waals surface area contributed by atoms with Gasteiger partial charge < -0.3 is 11.1 Å². The second-order valence-corrected chi connectivity index (χ2v) is 2.79. The Morgan fingerprint density at radius 1 is 1.62 bits per heavy atom. The molecule has 70 valence electrons. The maximum Gasteiger partial charge on any atom is 0.157 e. The van der Waals surface area contributed by atoms with Crippen LogP contribution in [0.1, 0.15) is 6.42 Å². The molecule has 0 fully saturated rings. The van der Waals surface area contributed by atoms with Gasteiger partial charge in [-0.1, -0.05) is 17.7 Å². The van der Waals surface area contributed by atoms with Gasteiger partial charge in [0.1, 0.15) is 12.0 Å². The summed E-state index contributed by atoms with van der Waals surface area (Å²) in [4.78, 5) is 7.68. The summed E-state index contributed by atoms with van der Waals surface area (Å²) in [6, 6.07) is 0. The first-order valence-corrected chi connectivity index (χ1v) is 4.24. The molecule has 0 unspecified atom stereocenters. The van der Waals surface area contributed by atoms with Crippen LogP contribution in [-0.2, 0) is 0 Å². The summed E-state index contributed by atoms with van der Waals surface area (Å²) in [5.74, 6) is 0.571. The molecule has 0 aliphatic heterocycles. The molecule has 0 radical (unpaired) electrons. The van der Waals surface area contributed by atoms with E-state index in [1.807, 2.05) is 6.08 Å². The van der Waals surface area contributed by atoms with Gasteiger partial charge in [0.15, 0.2) is 11.0 Å². The molecule has 13 heavy (non-hydrogen) atoms. The van der Waals surface area contributed by atoms with E-state index >= 15 is 0 Å². The highest BCUT2D eigenvalue weighted by molar-refractivity contribution is 6.32. The van der Waals surface area contributed by atoms with Crippen LogP contribution in [-0.4, -0.2) is 16.5 Å². The number of hydrogen-bond acceptors (Lipinski definition) is 4. The Hall–Kier alpha value is -1.29. The number of halogens is 1. The highest BCUT2D eigenvalue weighted by Crippen LogP contribution is 2.21. The lowest BCUT2D eigenvalue weighted by Gasteiger charge is -2.06. The fraction of sp³-hybridized carbons (Fsp3) is 0.250. The average Bonchev–Trinajstić information content (AvgIpc) is 2.13. The molecule has 1 aromatic rings. The molecular weight excluding hydrogens is 188 g/mol. The van der Waals surface area contributed by atoms with Crippen molar-refractivity contribution >= 4 is 23.1 Å². The summed E-state index contributed by atoms with van der Waals surface area (Å²) in [6.45, 7) is 4.34. The molecule has 0 spiro atoms. The Kier molecular flexibility index (Phi) is 3.52. The van der Waals surface area contributed by atoms with E-state index in [1.165, 1.54) is 6.33 Å². The van der Waals surface area contributed by atoms with Gasteiger partial charge in [-0.2, -0.15) is 0 Å². The minimum atomic E-state index is 0.274. The maximum atomic E-state index is 5.69. The first kappa shape index (κ1) is 9.80. The predicted molar refractivity (Wildman–Crippen MR) is 54.8 cm³/mol. The monoisotopic (exact) mass is 198 g/mol. The van der Waals surface area contributed by atoms with E-state index in [0.29, 0.717) is 11.5 Å². The van der Waals surface area contributed by atoms with Crippen molar-refractivity contribution in [1.82, 2.24) is 9.97 Å². The molecule has 0 aliphatic carbocycles. The molecule has 0 amide bonds. The van der Waals surface area contributed by atoms with Gasteiger partial charge in [0.25, 0.3) is 0 Å². The first-order chi connectivity index (χ1) is 6.25. The van der Waals surface area contributed by atoms with Crippen LogP contribution in [0.2, 0.25) is 5.15 Å². The second-order valence-electron chi connectivity index (χ2n) is 2.43. The van der Waals surface area contributed by atoms with Crippen molar-refractivity contribution in [2.45, 2.75) is 6.42 Å². The van der Waals surface area contributed by atoms with E-state index in [-0.39, 0.29) is 5.15 Å². The summed E-state index contributed by atoms with van der Waals surface area (Å²) in [5, 5.41) is 3.30. The number of hydrogen-bond donors (Lipinski definition) is 2. The summed E-state index contributed by atoms with van der Waals surface area (Å²) in [5.41, 5.74) is 6.00. The summed E-state index contributed by atoms with van der Waals surface area (Å²) >= 11 is 5.69. The topological polar surface area (TPSA) is 63.8 Å². The molecule has 3 N–H and O–H groups in total. The third-order valence-corrected chi connectivity index (χ3v) is 1.78. The molecule has 0 aliphatic rings. The van der Waals surface area contributed by atoms with Gasteiger partial charge in [-0.3, -0.25) is 0 Å².